The first-order valence-electron chi connectivity index (χ1n) is 4.21. The molecule has 0 aromatic carbocycles. The minimum Gasteiger partial charge on any atom is -0.255 e. The monoisotopic (exact) mass is 224 g/mol. The second-order valence-corrected chi connectivity index (χ2v) is 2.32. The Bertz CT molecular complexity index is 328. The third-order valence-corrected chi connectivity index (χ3v) is 1.06. The summed E-state index contributed by atoms with van der Waals surface area (Å²) < 4.78 is 1.68. The van der Waals surface area contributed by atoms with Crippen LogP contribution in [0.5, 0.6) is 0 Å². The summed E-state index contributed by atoms with van der Waals surface area (Å²) in [4.78, 5) is 2.36. The van der Waals surface area contributed by atoms with Gasteiger partial charge in [0.2, 0.25) is 0 Å². The fourth-order valence-corrected chi connectivity index (χ4v) is 0.463. The van der Waals surface area contributed by atoms with Crippen LogP contribution < -0.4 is 0 Å². The molecule has 0 amide bonds. The van der Waals surface area contributed by atoms with Crippen LogP contribution in [0.25, 0.3) is 10.4 Å². The number of aryl methyl sites for hydroxylation is 2. The Morgan fingerprint density at radius 3 is 1.94 bits per heavy atom. The second-order valence-electron chi connectivity index (χ2n) is 2.32. The molecular weight excluding hydrogens is 204 g/mol. The van der Waals surface area contributed by atoms with E-state index in [9.17, 15) is 0 Å². The van der Waals surface area contributed by atoms with E-state index in [1.807, 2.05) is 34.0 Å². The lowest BCUT2D eigenvalue weighted by atomic mass is 10.6. The van der Waals surface area contributed by atoms with Gasteiger partial charge in [-0.2, -0.15) is 0 Å². The fourth-order valence-electron chi connectivity index (χ4n) is 0.463. The molecule has 16 heavy (non-hydrogen) atoms. The van der Waals surface area contributed by atoms with Gasteiger partial charge in [0.1, 0.15) is 0 Å². The Morgan fingerprint density at radius 1 is 1.44 bits per heavy atom. The average molecular weight is 224 g/mol. The molecule has 1 heterocycles. The quantitative estimate of drug-likeness (QED) is 0.294. The first kappa shape index (κ1) is 19.6. The van der Waals surface area contributed by atoms with Crippen molar-refractivity contribution in [1.29, 1.82) is 0 Å². The lowest BCUT2D eigenvalue weighted by Gasteiger charge is -1.75. The van der Waals surface area contributed by atoms with Gasteiger partial charge in [-0.3, -0.25) is 4.68 Å². The van der Waals surface area contributed by atoms with Gasteiger partial charge in [-0.1, -0.05) is 17.8 Å². The van der Waals surface area contributed by atoms with Gasteiger partial charge in [0, 0.05) is 25.2 Å². The molecular formula is C10H20N6. The van der Waals surface area contributed by atoms with Crippen molar-refractivity contribution in [3.63, 3.8) is 0 Å². The van der Waals surface area contributed by atoms with Crippen molar-refractivity contribution < 1.29 is 0 Å². The molecule has 0 aliphatic carbocycles. The molecule has 1 aromatic rings. The van der Waals surface area contributed by atoms with E-state index in [-0.39, 0.29) is 7.43 Å². The third kappa shape index (κ3) is 17.9. The Hall–Kier alpha value is -1.99. The molecule has 0 saturated carbocycles. The number of aromatic nitrogens is 3. The summed E-state index contributed by atoms with van der Waals surface area (Å²) in [5.41, 5.74) is 8.29. The molecule has 0 aliphatic heterocycles. The molecule has 0 radical (unpaired) electrons. The van der Waals surface area contributed by atoms with Crippen molar-refractivity contribution in [1.82, 2.24) is 15.0 Å². The van der Waals surface area contributed by atoms with Gasteiger partial charge in [-0.15, -0.1) is 16.9 Å². The van der Waals surface area contributed by atoms with Gasteiger partial charge in [-0.25, -0.2) is 0 Å². The van der Waals surface area contributed by atoms with Gasteiger partial charge in [-0.05, 0) is 26.3 Å². The van der Waals surface area contributed by atoms with Crippen LogP contribution in [0, 0.1) is 18.8 Å². The van der Waals surface area contributed by atoms with Crippen LogP contribution in [0.1, 0.15) is 27.0 Å². The minimum absolute atomic E-state index is 0. The normalized spacial score (nSPS) is 6.06. The number of nitrogens with zero attached hydrogens (tertiary/aromatic N) is 6. The highest BCUT2D eigenvalue weighted by Gasteiger charge is 1.83. The number of rotatable bonds is 0. The zero-order chi connectivity index (χ0) is 12.1. The summed E-state index contributed by atoms with van der Waals surface area (Å²) in [5, 5.41) is 10.3. The molecule has 0 bridgehead atoms. The summed E-state index contributed by atoms with van der Waals surface area (Å²) >= 11 is 0. The van der Waals surface area contributed by atoms with Crippen molar-refractivity contribution in [2.75, 3.05) is 7.05 Å². The first-order chi connectivity index (χ1) is 7.12. The lowest BCUT2D eigenvalue weighted by molar-refractivity contribution is 0.714. The van der Waals surface area contributed by atoms with E-state index >= 15 is 0 Å². The largest absolute Gasteiger partial charge is 0.255 e. The molecule has 0 saturated heterocycles. The molecule has 0 fully saturated rings. The highest BCUT2D eigenvalue weighted by Crippen LogP contribution is 1.82. The second kappa shape index (κ2) is 15.5. The van der Waals surface area contributed by atoms with Crippen LogP contribution in [-0.4, -0.2) is 22.0 Å². The first-order valence-corrected chi connectivity index (χ1v) is 4.21. The lowest BCUT2D eigenvalue weighted by Crippen LogP contribution is -1.85. The maximum Gasteiger partial charge on any atom is 0.0796 e. The molecule has 1 rings (SSSR count). The van der Waals surface area contributed by atoms with E-state index in [1.165, 1.54) is 7.05 Å². The van der Waals surface area contributed by atoms with E-state index in [4.69, 9.17) is 5.53 Å². The van der Waals surface area contributed by atoms with Crippen LogP contribution in [0.15, 0.2) is 11.3 Å². The van der Waals surface area contributed by atoms with Gasteiger partial charge in [0.25, 0.3) is 0 Å². The molecule has 6 nitrogen and oxygen atoms in total. The van der Waals surface area contributed by atoms with Gasteiger partial charge >= 0.3 is 0 Å². The van der Waals surface area contributed by atoms with Gasteiger partial charge < -0.3 is 0 Å². The molecule has 0 N–H and O–H groups in total. The summed E-state index contributed by atoms with van der Waals surface area (Å²) in [5.74, 6) is 5.36. The summed E-state index contributed by atoms with van der Waals surface area (Å²) in [6.07, 6.45) is 1.86. The molecule has 0 atom stereocenters. The topological polar surface area (TPSA) is 79.5 Å². The highest BCUT2D eigenvalue weighted by molar-refractivity contribution is 4.89. The van der Waals surface area contributed by atoms with Crippen LogP contribution in [0.2, 0.25) is 0 Å². The van der Waals surface area contributed by atoms with Gasteiger partial charge in [0.05, 0.1) is 5.69 Å². The molecule has 0 aliphatic rings. The van der Waals surface area contributed by atoms with Crippen molar-refractivity contribution in [3.8, 4) is 11.8 Å². The predicted octanol–water partition coefficient (Wildman–Crippen LogP) is 2.72. The zero-order valence-corrected chi connectivity index (χ0v) is 9.76. The minimum atomic E-state index is 0. The highest BCUT2D eigenvalue weighted by atomic mass is 15.4. The molecule has 0 spiro atoms. The Balaban J connectivity index is -0.000000166. The van der Waals surface area contributed by atoms with E-state index in [0.29, 0.717) is 0 Å². The number of azide groups is 1. The van der Waals surface area contributed by atoms with Crippen LogP contribution in [0.3, 0.4) is 0 Å². The summed E-state index contributed by atoms with van der Waals surface area (Å²) in [6, 6.07) is 0. The van der Waals surface area contributed by atoms with E-state index < -0.39 is 0 Å². The maximum absolute atomic E-state index is 7.33. The predicted molar refractivity (Wildman–Crippen MR) is 66.7 cm³/mol. The van der Waals surface area contributed by atoms with Gasteiger partial charge in [0.15, 0.2) is 0 Å². The van der Waals surface area contributed by atoms with Crippen LogP contribution >= 0.6 is 0 Å². The van der Waals surface area contributed by atoms with Crippen molar-refractivity contribution >= 4 is 0 Å². The fraction of sp³-hybridized carbons (Fsp3) is 0.600. The van der Waals surface area contributed by atoms with Crippen molar-refractivity contribution in [2.24, 2.45) is 12.2 Å². The average Bonchev–Trinajstić information content (AvgIpc) is 2.63. The molecule has 6 heteroatoms. The molecule has 90 valence electrons. The summed E-state index contributed by atoms with van der Waals surface area (Å²) in [6.45, 7) is 5.55. The molecule has 1 aromatic heterocycles. The Labute approximate surface area is 97.3 Å². The number of hydrogen-bond donors (Lipinski definition) is 0. The van der Waals surface area contributed by atoms with Crippen molar-refractivity contribution in [2.45, 2.75) is 28.2 Å². The van der Waals surface area contributed by atoms with Crippen LogP contribution in [-0.2, 0) is 7.05 Å². The van der Waals surface area contributed by atoms with E-state index in [0.717, 1.165) is 5.69 Å². The van der Waals surface area contributed by atoms with Crippen LogP contribution in [0.4, 0.5) is 0 Å². The number of hydrogen-bond acceptors (Lipinski definition) is 3. The van der Waals surface area contributed by atoms with E-state index in [1.54, 1.807) is 4.68 Å². The Morgan fingerprint density at radius 2 is 1.88 bits per heavy atom. The Kier molecular flexibility index (Phi) is 18.9. The molecule has 0 unspecified atom stereocenters. The van der Waals surface area contributed by atoms with Crippen molar-refractivity contribution in [3.05, 3.63) is 22.3 Å². The smallest absolute Gasteiger partial charge is 0.0796 e. The third-order valence-electron chi connectivity index (χ3n) is 1.06. The SMILES string of the molecule is C.CC#CC.CN=[N+]=[N-].Cc1cn(C)nn1. The van der Waals surface area contributed by atoms with E-state index in [2.05, 4.69) is 32.2 Å². The summed E-state index contributed by atoms with van der Waals surface area (Å²) in [7, 11) is 3.24. The standard InChI is InChI=1S/C4H7N3.C4H6.CH3N3.CH4/c1-4-3-7(2)6-5-4;2*1-3-4-2;/h3H,1-2H3;1-2H3;1H3;1H4. The maximum atomic E-state index is 7.33. The zero-order valence-electron chi connectivity index (χ0n) is 9.76.